The monoisotopic (exact) mass is 185 g/mol. The molecule has 0 aromatic carbocycles. The second kappa shape index (κ2) is 2.78. The van der Waals surface area contributed by atoms with Crippen LogP contribution in [0.25, 0.3) is 0 Å². The molecule has 0 aromatic heterocycles. The first kappa shape index (κ1) is 9.15. The van der Waals surface area contributed by atoms with Gasteiger partial charge in [-0.2, -0.15) is 0 Å². The van der Waals surface area contributed by atoms with Crippen LogP contribution in [0.3, 0.4) is 0 Å². The van der Waals surface area contributed by atoms with Gasteiger partial charge in [0.1, 0.15) is 18.3 Å². The third-order valence-electron chi connectivity index (χ3n) is 2.42. The minimum atomic E-state index is -0.670. The topological polar surface area (TPSA) is 64.7 Å². The largest absolute Gasteiger partial charge is 0.388 e. The van der Waals surface area contributed by atoms with Gasteiger partial charge in [-0.1, -0.05) is 12.2 Å². The van der Waals surface area contributed by atoms with Crippen molar-refractivity contribution in [1.29, 1.82) is 0 Å². The summed E-state index contributed by atoms with van der Waals surface area (Å²) in [6.45, 7) is 3.66. The van der Waals surface area contributed by atoms with Gasteiger partial charge in [-0.3, -0.25) is 0 Å². The fourth-order valence-corrected chi connectivity index (χ4v) is 1.80. The van der Waals surface area contributed by atoms with E-state index in [1.165, 1.54) is 0 Å². The molecule has 3 N–H and O–H groups in total. The Morgan fingerprint density at radius 2 is 2.00 bits per heavy atom. The van der Waals surface area contributed by atoms with Gasteiger partial charge in [0.15, 0.2) is 5.79 Å². The molecular weight excluding hydrogens is 170 g/mol. The quantitative estimate of drug-likeness (QED) is 0.511. The van der Waals surface area contributed by atoms with Crippen molar-refractivity contribution in [1.82, 2.24) is 0 Å². The second-order valence-corrected chi connectivity index (χ2v) is 4.02. The average Bonchev–Trinajstić information content (AvgIpc) is 2.34. The zero-order chi connectivity index (χ0) is 9.64. The number of ether oxygens (including phenoxy) is 2. The zero-order valence-electron chi connectivity index (χ0n) is 7.81. The van der Waals surface area contributed by atoms with Crippen LogP contribution in [-0.2, 0) is 9.47 Å². The smallest absolute Gasteiger partial charge is 0.164 e. The first-order chi connectivity index (χ1) is 5.99. The van der Waals surface area contributed by atoms with Crippen molar-refractivity contribution in [3.63, 3.8) is 0 Å². The Morgan fingerprint density at radius 3 is 2.69 bits per heavy atom. The van der Waals surface area contributed by atoms with Crippen molar-refractivity contribution in [2.75, 3.05) is 0 Å². The molecule has 0 amide bonds. The van der Waals surface area contributed by atoms with Gasteiger partial charge >= 0.3 is 0 Å². The lowest BCUT2D eigenvalue weighted by molar-refractivity contribution is -0.153. The number of aliphatic hydroxyl groups is 1. The third kappa shape index (κ3) is 1.50. The highest BCUT2D eigenvalue weighted by molar-refractivity contribution is 5.12. The summed E-state index contributed by atoms with van der Waals surface area (Å²) in [5.41, 5.74) is 5.65. The molecule has 0 bridgehead atoms. The Morgan fingerprint density at radius 1 is 1.31 bits per heavy atom. The Balaban J connectivity index is 2.19. The van der Waals surface area contributed by atoms with Crippen molar-refractivity contribution in [3.05, 3.63) is 12.2 Å². The van der Waals surface area contributed by atoms with Crippen molar-refractivity contribution in [2.45, 2.75) is 44.0 Å². The minimum absolute atomic E-state index is 0.162. The maximum absolute atomic E-state index is 9.70. The fraction of sp³-hybridized carbons (Fsp3) is 0.778. The van der Waals surface area contributed by atoms with E-state index in [1.54, 1.807) is 6.08 Å². The molecule has 4 atom stereocenters. The van der Waals surface area contributed by atoms with E-state index in [4.69, 9.17) is 15.2 Å². The summed E-state index contributed by atoms with van der Waals surface area (Å²) in [6.07, 6.45) is 2.46. The molecule has 1 saturated heterocycles. The number of fused-ring (bicyclic) bond motifs is 1. The maximum atomic E-state index is 9.70. The van der Waals surface area contributed by atoms with Crippen LogP contribution in [0.5, 0.6) is 0 Å². The summed E-state index contributed by atoms with van der Waals surface area (Å²) in [5.74, 6) is -0.620. The van der Waals surface area contributed by atoms with E-state index in [0.29, 0.717) is 0 Å². The molecule has 74 valence electrons. The van der Waals surface area contributed by atoms with Crippen LogP contribution < -0.4 is 5.73 Å². The molecule has 1 aliphatic heterocycles. The van der Waals surface area contributed by atoms with Gasteiger partial charge in [-0.05, 0) is 13.8 Å². The maximum Gasteiger partial charge on any atom is 0.164 e. The van der Waals surface area contributed by atoms with Crippen LogP contribution in [0.4, 0.5) is 0 Å². The van der Waals surface area contributed by atoms with Crippen molar-refractivity contribution >= 4 is 0 Å². The van der Waals surface area contributed by atoms with Crippen molar-refractivity contribution in [2.24, 2.45) is 5.73 Å². The molecule has 1 fully saturated rings. The Hall–Kier alpha value is -0.420. The number of hydrogen-bond donors (Lipinski definition) is 2. The molecule has 0 saturated carbocycles. The molecule has 0 unspecified atom stereocenters. The number of hydrogen-bond acceptors (Lipinski definition) is 4. The summed E-state index contributed by atoms with van der Waals surface area (Å²) >= 11 is 0. The van der Waals surface area contributed by atoms with Crippen molar-refractivity contribution < 1.29 is 14.6 Å². The molecule has 4 nitrogen and oxygen atoms in total. The highest BCUT2D eigenvalue weighted by atomic mass is 16.8. The predicted octanol–water partition coefficient (Wildman–Crippen LogP) is -0.236. The molecule has 0 spiro atoms. The van der Waals surface area contributed by atoms with E-state index < -0.39 is 11.9 Å². The molecule has 4 heteroatoms. The minimum Gasteiger partial charge on any atom is -0.388 e. The van der Waals surface area contributed by atoms with E-state index in [1.807, 2.05) is 19.9 Å². The standard InChI is InChI=1S/C9H15NO3/c1-9(2)12-6-4-3-5(10)7(11)8(6)13-9/h3-8,11H,10H2,1-2H3/t5-,6+,7+,8+/m1/s1. The van der Waals surface area contributed by atoms with Gasteiger partial charge in [-0.15, -0.1) is 0 Å². The number of rotatable bonds is 0. The van der Waals surface area contributed by atoms with E-state index in [-0.39, 0.29) is 18.2 Å². The highest BCUT2D eigenvalue weighted by Gasteiger charge is 2.46. The lowest BCUT2D eigenvalue weighted by Gasteiger charge is -2.27. The van der Waals surface area contributed by atoms with E-state index in [2.05, 4.69) is 0 Å². The van der Waals surface area contributed by atoms with Crippen LogP contribution in [0, 0.1) is 0 Å². The van der Waals surface area contributed by atoms with E-state index >= 15 is 0 Å². The Labute approximate surface area is 77.3 Å². The van der Waals surface area contributed by atoms with Gasteiger partial charge < -0.3 is 20.3 Å². The molecule has 1 aliphatic carbocycles. The van der Waals surface area contributed by atoms with Gasteiger partial charge in [0.05, 0.1) is 6.04 Å². The fourth-order valence-electron chi connectivity index (χ4n) is 1.80. The normalized spacial score (nSPS) is 47.7. The van der Waals surface area contributed by atoms with Gasteiger partial charge in [-0.25, -0.2) is 0 Å². The first-order valence-corrected chi connectivity index (χ1v) is 4.47. The highest BCUT2D eigenvalue weighted by Crippen LogP contribution is 2.33. The summed E-state index contributed by atoms with van der Waals surface area (Å²) in [7, 11) is 0. The summed E-state index contributed by atoms with van der Waals surface area (Å²) in [5, 5.41) is 9.70. The molecule has 1 heterocycles. The lowest BCUT2D eigenvalue weighted by atomic mass is 9.95. The van der Waals surface area contributed by atoms with Crippen LogP contribution in [0.2, 0.25) is 0 Å². The molecule has 0 aromatic rings. The van der Waals surface area contributed by atoms with Gasteiger partial charge in [0.2, 0.25) is 0 Å². The van der Waals surface area contributed by atoms with Gasteiger partial charge in [0, 0.05) is 0 Å². The molecular formula is C9H15NO3. The van der Waals surface area contributed by atoms with Crippen molar-refractivity contribution in [3.8, 4) is 0 Å². The van der Waals surface area contributed by atoms with Crippen LogP contribution in [0.1, 0.15) is 13.8 Å². The molecule has 13 heavy (non-hydrogen) atoms. The summed E-state index contributed by atoms with van der Waals surface area (Å²) in [6, 6.07) is -0.348. The Bertz CT molecular complexity index is 239. The van der Waals surface area contributed by atoms with E-state index in [0.717, 1.165) is 0 Å². The lowest BCUT2D eigenvalue weighted by Crippen LogP contribution is -2.48. The predicted molar refractivity (Wildman–Crippen MR) is 46.9 cm³/mol. The van der Waals surface area contributed by atoms with E-state index in [9.17, 15) is 5.11 Å². The summed E-state index contributed by atoms with van der Waals surface area (Å²) in [4.78, 5) is 0. The average molecular weight is 185 g/mol. The SMILES string of the molecule is CC1(C)O[C@@H]2[C@@H](O)[C@H](N)C=C[C@@H]2O1. The van der Waals surface area contributed by atoms with Gasteiger partial charge in [0.25, 0.3) is 0 Å². The summed E-state index contributed by atoms with van der Waals surface area (Å²) < 4.78 is 11.1. The zero-order valence-corrected chi connectivity index (χ0v) is 7.81. The number of nitrogens with two attached hydrogens (primary N) is 1. The Kier molecular flexibility index (Phi) is 1.96. The van der Waals surface area contributed by atoms with Crippen LogP contribution >= 0.6 is 0 Å². The number of aliphatic hydroxyl groups excluding tert-OH is 1. The molecule has 0 radical (unpaired) electrons. The first-order valence-electron chi connectivity index (χ1n) is 4.47. The molecule has 2 aliphatic rings. The van der Waals surface area contributed by atoms with Crippen LogP contribution in [-0.4, -0.2) is 35.2 Å². The molecule has 2 rings (SSSR count). The third-order valence-corrected chi connectivity index (χ3v) is 2.42. The van der Waals surface area contributed by atoms with Crippen LogP contribution in [0.15, 0.2) is 12.2 Å². The second-order valence-electron chi connectivity index (χ2n) is 4.02.